The fourth-order valence-corrected chi connectivity index (χ4v) is 5.42. The van der Waals surface area contributed by atoms with Gasteiger partial charge in [0.1, 0.15) is 15.7 Å². The third-order valence-corrected chi connectivity index (χ3v) is 6.96. The van der Waals surface area contributed by atoms with Gasteiger partial charge in [-0.05, 0) is 48.9 Å². The number of rotatable bonds is 5. The molecule has 0 radical (unpaired) electrons. The van der Waals surface area contributed by atoms with Crippen molar-refractivity contribution in [1.29, 1.82) is 0 Å². The Balaban J connectivity index is 1.65. The van der Waals surface area contributed by atoms with Gasteiger partial charge in [-0.3, -0.25) is 4.72 Å². The Hall–Kier alpha value is -2.45. The molecule has 0 fully saturated rings. The number of sulfonamides is 1. The maximum Gasteiger partial charge on any atom is 0.267 e. The Kier molecular flexibility index (Phi) is 4.84. The van der Waals surface area contributed by atoms with Gasteiger partial charge in [-0.15, -0.1) is 10.2 Å². The summed E-state index contributed by atoms with van der Waals surface area (Å²) in [5, 5.41) is 8.96. The molecule has 0 saturated heterocycles. The molecule has 1 aliphatic rings. The van der Waals surface area contributed by atoms with Crippen molar-refractivity contribution < 1.29 is 13.2 Å². The van der Waals surface area contributed by atoms with Gasteiger partial charge in [0.25, 0.3) is 10.0 Å². The van der Waals surface area contributed by atoms with E-state index >= 15 is 0 Å². The Morgan fingerprint density at radius 1 is 1.04 bits per heavy atom. The smallest absolute Gasteiger partial charge is 0.267 e. The highest BCUT2D eigenvalue weighted by Crippen LogP contribution is 2.34. The third kappa shape index (κ3) is 3.68. The zero-order chi connectivity index (χ0) is 18.9. The Bertz CT molecular complexity index is 1060. The minimum absolute atomic E-state index is 0.141. The Labute approximate surface area is 162 Å². The van der Waals surface area contributed by atoms with Gasteiger partial charge in [-0.2, -0.15) is 0 Å². The van der Waals surface area contributed by atoms with Gasteiger partial charge in [-0.1, -0.05) is 41.7 Å². The van der Waals surface area contributed by atoms with Gasteiger partial charge in [0.2, 0.25) is 5.13 Å². The molecule has 0 saturated carbocycles. The maximum absolute atomic E-state index is 13.0. The molecule has 0 atom stereocenters. The van der Waals surface area contributed by atoms with Crippen molar-refractivity contribution in [3.63, 3.8) is 0 Å². The fourth-order valence-electron chi connectivity index (χ4n) is 3.24. The van der Waals surface area contributed by atoms with Gasteiger partial charge >= 0.3 is 0 Å². The number of aromatic nitrogens is 2. The van der Waals surface area contributed by atoms with Crippen molar-refractivity contribution in [2.75, 3.05) is 11.8 Å². The molecule has 3 aromatic rings. The average molecular weight is 402 g/mol. The molecule has 0 spiro atoms. The molecule has 4 rings (SSSR count). The zero-order valence-electron chi connectivity index (χ0n) is 14.8. The van der Waals surface area contributed by atoms with E-state index in [0.29, 0.717) is 10.8 Å². The first-order chi connectivity index (χ1) is 13.1. The number of ether oxygens (including phenoxy) is 1. The quantitative estimate of drug-likeness (QED) is 0.701. The van der Waals surface area contributed by atoms with Crippen LogP contribution in [0.25, 0.3) is 10.6 Å². The lowest BCUT2D eigenvalue weighted by Gasteiger charge is -2.19. The lowest BCUT2D eigenvalue weighted by atomic mass is 9.92. The van der Waals surface area contributed by atoms with Crippen LogP contribution in [0.2, 0.25) is 0 Å². The average Bonchev–Trinajstić information content (AvgIpc) is 3.15. The number of nitrogens with zero attached hydrogens (tertiary/aromatic N) is 2. The molecule has 8 heteroatoms. The highest BCUT2D eigenvalue weighted by atomic mass is 32.2. The van der Waals surface area contributed by atoms with Gasteiger partial charge in [0.15, 0.2) is 0 Å². The van der Waals surface area contributed by atoms with E-state index in [0.717, 1.165) is 36.8 Å². The summed E-state index contributed by atoms with van der Waals surface area (Å²) in [6.45, 7) is 0. The number of nitrogens with one attached hydrogen (secondary N) is 1. The Morgan fingerprint density at radius 3 is 2.44 bits per heavy atom. The van der Waals surface area contributed by atoms with E-state index in [1.807, 2.05) is 36.4 Å². The molecule has 0 amide bonds. The topological polar surface area (TPSA) is 81.2 Å². The van der Waals surface area contributed by atoms with E-state index in [1.165, 1.54) is 24.0 Å². The summed E-state index contributed by atoms with van der Waals surface area (Å²) in [6.07, 6.45) is 4.03. The number of fused-ring (bicyclic) bond motifs is 1. The molecule has 0 aliphatic heterocycles. The highest BCUT2D eigenvalue weighted by Gasteiger charge is 2.24. The molecule has 0 bridgehead atoms. The Morgan fingerprint density at radius 2 is 1.74 bits per heavy atom. The summed E-state index contributed by atoms with van der Waals surface area (Å²) in [7, 11) is -2.34. The number of hydrogen-bond acceptors (Lipinski definition) is 6. The van der Waals surface area contributed by atoms with Crippen molar-refractivity contribution in [3.8, 4) is 16.3 Å². The molecule has 0 unspecified atom stereocenters. The van der Waals surface area contributed by atoms with E-state index in [4.69, 9.17) is 4.74 Å². The SMILES string of the molecule is COc1cc2c(cc1S(=O)(=O)Nc1nnc(-c3ccccc3)s1)CCCC2. The van der Waals surface area contributed by atoms with Crippen LogP contribution in [0.1, 0.15) is 24.0 Å². The van der Waals surface area contributed by atoms with Crippen LogP contribution in [-0.2, 0) is 22.9 Å². The number of aryl methyl sites for hydroxylation is 2. The summed E-state index contributed by atoms with van der Waals surface area (Å²) >= 11 is 1.20. The summed E-state index contributed by atoms with van der Waals surface area (Å²) in [4.78, 5) is 0.141. The summed E-state index contributed by atoms with van der Waals surface area (Å²) in [5.41, 5.74) is 3.14. The van der Waals surface area contributed by atoms with Crippen LogP contribution < -0.4 is 9.46 Å². The summed E-state index contributed by atoms with van der Waals surface area (Å²) < 4.78 is 33.8. The van der Waals surface area contributed by atoms with Gasteiger partial charge in [0.05, 0.1) is 7.11 Å². The lowest BCUT2D eigenvalue weighted by Crippen LogP contribution is -2.15. The van der Waals surface area contributed by atoms with E-state index in [1.54, 1.807) is 6.07 Å². The van der Waals surface area contributed by atoms with E-state index in [9.17, 15) is 8.42 Å². The standard InChI is InChI=1S/C19H19N3O3S2/c1-25-16-11-14-9-5-6-10-15(14)12-17(16)27(23,24)22-19-21-20-18(26-19)13-7-3-2-4-8-13/h2-4,7-8,11-12H,5-6,9-10H2,1H3,(H,21,22). The van der Waals surface area contributed by atoms with Crippen molar-refractivity contribution >= 4 is 26.5 Å². The summed E-state index contributed by atoms with van der Waals surface area (Å²) in [5.74, 6) is 0.357. The molecular formula is C19H19N3O3S2. The molecule has 2 aromatic carbocycles. The highest BCUT2D eigenvalue weighted by molar-refractivity contribution is 7.93. The van der Waals surface area contributed by atoms with Gasteiger partial charge in [0, 0.05) is 5.56 Å². The fraction of sp³-hybridized carbons (Fsp3) is 0.263. The largest absolute Gasteiger partial charge is 0.495 e. The summed E-state index contributed by atoms with van der Waals surface area (Å²) in [6, 6.07) is 13.1. The predicted octanol–water partition coefficient (Wildman–Crippen LogP) is 3.89. The van der Waals surface area contributed by atoms with Crippen molar-refractivity contribution in [1.82, 2.24) is 10.2 Å². The maximum atomic E-state index is 13.0. The zero-order valence-corrected chi connectivity index (χ0v) is 16.4. The normalized spacial score (nSPS) is 13.8. The minimum Gasteiger partial charge on any atom is -0.495 e. The van der Waals surface area contributed by atoms with E-state index in [2.05, 4.69) is 14.9 Å². The van der Waals surface area contributed by atoms with Crippen molar-refractivity contribution in [2.24, 2.45) is 0 Å². The number of anilines is 1. The number of methoxy groups -OCH3 is 1. The molecule has 140 valence electrons. The van der Waals surface area contributed by atoms with Crippen LogP contribution in [0.4, 0.5) is 5.13 Å². The first-order valence-corrected chi connectivity index (χ1v) is 11.0. The van der Waals surface area contributed by atoms with Crippen LogP contribution in [0.5, 0.6) is 5.75 Å². The van der Waals surface area contributed by atoms with E-state index in [-0.39, 0.29) is 10.0 Å². The first-order valence-electron chi connectivity index (χ1n) is 8.68. The molecule has 27 heavy (non-hydrogen) atoms. The van der Waals surface area contributed by atoms with Gasteiger partial charge in [-0.25, -0.2) is 8.42 Å². The molecular weight excluding hydrogens is 382 g/mol. The predicted molar refractivity (Wildman–Crippen MR) is 106 cm³/mol. The number of hydrogen-bond donors (Lipinski definition) is 1. The monoisotopic (exact) mass is 401 g/mol. The van der Waals surface area contributed by atoms with Crippen LogP contribution in [0.15, 0.2) is 47.4 Å². The molecule has 1 aliphatic carbocycles. The van der Waals surface area contributed by atoms with Crippen LogP contribution in [0.3, 0.4) is 0 Å². The van der Waals surface area contributed by atoms with Crippen LogP contribution in [0, 0.1) is 0 Å². The molecule has 1 heterocycles. The van der Waals surface area contributed by atoms with E-state index < -0.39 is 10.0 Å². The first kappa shape index (κ1) is 17.9. The van der Waals surface area contributed by atoms with Crippen LogP contribution >= 0.6 is 11.3 Å². The van der Waals surface area contributed by atoms with Crippen molar-refractivity contribution in [3.05, 3.63) is 53.6 Å². The molecule has 1 N–H and O–H groups in total. The number of benzene rings is 2. The molecule has 6 nitrogen and oxygen atoms in total. The third-order valence-electron chi connectivity index (χ3n) is 4.59. The second-order valence-electron chi connectivity index (χ2n) is 6.36. The second-order valence-corrected chi connectivity index (χ2v) is 8.99. The second kappa shape index (κ2) is 7.28. The van der Waals surface area contributed by atoms with Gasteiger partial charge < -0.3 is 4.74 Å². The van der Waals surface area contributed by atoms with Crippen molar-refractivity contribution in [2.45, 2.75) is 30.6 Å². The van der Waals surface area contributed by atoms with Crippen LogP contribution in [-0.4, -0.2) is 25.7 Å². The minimum atomic E-state index is -3.83. The lowest BCUT2D eigenvalue weighted by molar-refractivity contribution is 0.401. The molecule has 1 aromatic heterocycles.